The van der Waals surface area contributed by atoms with Crippen LogP contribution in [0.3, 0.4) is 0 Å². The standard InChI is InChI=1S/C11H15ClN6O3/c1-5(11-15-6(18-21-11)3-4-20-2)14-10(19)8-7(12)9(13)17-16-8/h5H,3-4H2,1-2H3,(H,14,19)(H3,13,16,17)/t5-/m1/s1. The van der Waals surface area contributed by atoms with Crippen molar-refractivity contribution in [1.82, 2.24) is 25.7 Å². The number of hydrogen-bond acceptors (Lipinski definition) is 7. The lowest BCUT2D eigenvalue weighted by molar-refractivity contribution is 0.0927. The summed E-state index contributed by atoms with van der Waals surface area (Å²) < 4.78 is 10.0. The first-order chi connectivity index (χ1) is 10.0. The van der Waals surface area contributed by atoms with Crippen LogP contribution in [-0.4, -0.2) is 40.0 Å². The van der Waals surface area contributed by atoms with E-state index >= 15 is 0 Å². The van der Waals surface area contributed by atoms with Gasteiger partial charge in [-0.3, -0.25) is 9.89 Å². The Bertz CT molecular complexity index is 625. The number of rotatable bonds is 6. The van der Waals surface area contributed by atoms with Crippen LogP contribution in [0, 0.1) is 0 Å². The summed E-state index contributed by atoms with van der Waals surface area (Å²) in [5, 5.41) is 12.6. The molecule has 0 aromatic carbocycles. The van der Waals surface area contributed by atoms with Crippen molar-refractivity contribution in [3.8, 4) is 0 Å². The van der Waals surface area contributed by atoms with Crippen LogP contribution in [0.15, 0.2) is 4.52 Å². The Balaban J connectivity index is 2.00. The van der Waals surface area contributed by atoms with E-state index in [1.165, 1.54) is 0 Å². The lowest BCUT2D eigenvalue weighted by Gasteiger charge is -2.08. The number of amides is 1. The molecule has 2 aromatic rings. The summed E-state index contributed by atoms with van der Waals surface area (Å²) in [5.74, 6) is 0.400. The van der Waals surface area contributed by atoms with E-state index < -0.39 is 11.9 Å². The van der Waals surface area contributed by atoms with Crippen LogP contribution in [0.2, 0.25) is 5.02 Å². The highest BCUT2D eigenvalue weighted by molar-refractivity contribution is 6.35. The molecule has 2 aromatic heterocycles. The van der Waals surface area contributed by atoms with E-state index in [4.69, 9.17) is 26.6 Å². The fraction of sp³-hybridized carbons (Fsp3) is 0.455. The molecule has 0 aliphatic rings. The van der Waals surface area contributed by atoms with Gasteiger partial charge in [-0.05, 0) is 6.92 Å². The van der Waals surface area contributed by atoms with E-state index in [1.54, 1.807) is 14.0 Å². The van der Waals surface area contributed by atoms with E-state index in [1.807, 2.05) is 0 Å². The van der Waals surface area contributed by atoms with Gasteiger partial charge in [-0.2, -0.15) is 10.1 Å². The van der Waals surface area contributed by atoms with Gasteiger partial charge in [0, 0.05) is 13.5 Å². The van der Waals surface area contributed by atoms with Gasteiger partial charge in [0.2, 0.25) is 5.89 Å². The molecule has 0 radical (unpaired) electrons. The number of methoxy groups -OCH3 is 1. The molecule has 2 rings (SSSR count). The molecule has 0 bridgehead atoms. The van der Waals surface area contributed by atoms with Crippen molar-refractivity contribution < 1.29 is 14.1 Å². The number of nitrogens with two attached hydrogens (primary N) is 1. The fourth-order valence-corrected chi connectivity index (χ4v) is 1.73. The van der Waals surface area contributed by atoms with Crippen molar-refractivity contribution in [2.24, 2.45) is 0 Å². The maximum Gasteiger partial charge on any atom is 0.271 e. The average molecular weight is 315 g/mol. The van der Waals surface area contributed by atoms with Crippen LogP contribution in [-0.2, 0) is 11.2 Å². The maximum absolute atomic E-state index is 12.0. The van der Waals surface area contributed by atoms with Crippen molar-refractivity contribution in [3.05, 3.63) is 22.4 Å². The van der Waals surface area contributed by atoms with Crippen molar-refractivity contribution in [2.45, 2.75) is 19.4 Å². The van der Waals surface area contributed by atoms with Gasteiger partial charge in [-0.15, -0.1) is 0 Å². The van der Waals surface area contributed by atoms with Crippen LogP contribution in [0.4, 0.5) is 5.82 Å². The third-order valence-electron chi connectivity index (χ3n) is 2.69. The van der Waals surface area contributed by atoms with Crippen molar-refractivity contribution in [1.29, 1.82) is 0 Å². The smallest absolute Gasteiger partial charge is 0.271 e. The van der Waals surface area contributed by atoms with Crippen LogP contribution >= 0.6 is 11.6 Å². The number of ether oxygens (including phenoxy) is 1. The quantitative estimate of drug-likeness (QED) is 0.715. The zero-order chi connectivity index (χ0) is 15.4. The Kier molecular flexibility index (Phi) is 4.76. The molecule has 114 valence electrons. The highest BCUT2D eigenvalue weighted by Gasteiger charge is 2.21. The Labute approximate surface area is 125 Å². The molecule has 0 aliphatic heterocycles. The van der Waals surface area contributed by atoms with Crippen molar-refractivity contribution in [3.63, 3.8) is 0 Å². The van der Waals surface area contributed by atoms with Crippen LogP contribution in [0.25, 0.3) is 0 Å². The Morgan fingerprint density at radius 2 is 2.38 bits per heavy atom. The molecule has 4 N–H and O–H groups in total. The van der Waals surface area contributed by atoms with Gasteiger partial charge in [0.1, 0.15) is 16.8 Å². The second-order valence-corrected chi connectivity index (χ2v) is 4.66. The third kappa shape index (κ3) is 3.50. The van der Waals surface area contributed by atoms with Gasteiger partial charge < -0.3 is 20.3 Å². The van der Waals surface area contributed by atoms with Gasteiger partial charge in [0.15, 0.2) is 11.6 Å². The third-order valence-corrected chi connectivity index (χ3v) is 3.07. The van der Waals surface area contributed by atoms with Gasteiger partial charge in [-0.25, -0.2) is 0 Å². The largest absolute Gasteiger partial charge is 0.384 e. The second-order valence-electron chi connectivity index (χ2n) is 4.28. The number of halogens is 1. The summed E-state index contributed by atoms with van der Waals surface area (Å²) in [5.41, 5.74) is 5.55. The SMILES string of the molecule is COCCc1noc([C@@H](C)NC(=O)c2[nH]nc(N)c2Cl)n1. The normalized spacial score (nSPS) is 12.3. The summed E-state index contributed by atoms with van der Waals surface area (Å²) in [6.07, 6.45) is 0.531. The summed E-state index contributed by atoms with van der Waals surface area (Å²) in [7, 11) is 1.59. The topological polar surface area (TPSA) is 132 Å². The van der Waals surface area contributed by atoms with Crippen LogP contribution in [0.1, 0.15) is 35.2 Å². The summed E-state index contributed by atoms with van der Waals surface area (Å²) in [4.78, 5) is 16.2. The van der Waals surface area contributed by atoms with Crippen LogP contribution in [0.5, 0.6) is 0 Å². The summed E-state index contributed by atoms with van der Waals surface area (Å²) in [6, 6.07) is -0.484. The zero-order valence-corrected chi connectivity index (χ0v) is 12.3. The first-order valence-corrected chi connectivity index (χ1v) is 6.52. The molecular weight excluding hydrogens is 300 g/mol. The number of nitrogens with zero attached hydrogens (tertiary/aromatic N) is 3. The van der Waals surface area contributed by atoms with E-state index in [-0.39, 0.29) is 22.4 Å². The number of anilines is 1. The minimum Gasteiger partial charge on any atom is -0.384 e. The van der Waals surface area contributed by atoms with Crippen molar-refractivity contribution >= 4 is 23.3 Å². The number of H-pyrrole nitrogens is 1. The van der Waals surface area contributed by atoms with Gasteiger partial charge in [0.05, 0.1) is 6.61 Å². The van der Waals surface area contributed by atoms with Gasteiger partial charge in [-0.1, -0.05) is 16.8 Å². The Morgan fingerprint density at radius 1 is 1.62 bits per heavy atom. The van der Waals surface area contributed by atoms with Crippen LogP contribution < -0.4 is 11.1 Å². The van der Waals surface area contributed by atoms with E-state index in [2.05, 4.69) is 25.7 Å². The predicted octanol–water partition coefficient (Wildman–Crippen LogP) is 0.708. The van der Waals surface area contributed by atoms with E-state index in [0.29, 0.717) is 18.9 Å². The lowest BCUT2D eigenvalue weighted by Crippen LogP contribution is -2.27. The molecule has 1 amide bonds. The molecule has 2 heterocycles. The van der Waals surface area contributed by atoms with Gasteiger partial charge in [0.25, 0.3) is 5.91 Å². The number of aromatic nitrogens is 4. The summed E-state index contributed by atoms with van der Waals surface area (Å²) in [6.45, 7) is 2.20. The first kappa shape index (κ1) is 15.3. The molecule has 0 saturated carbocycles. The van der Waals surface area contributed by atoms with Crippen molar-refractivity contribution in [2.75, 3.05) is 19.5 Å². The lowest BCUT2D eigenvalue weighted by atomic mass is 10.3. The molecule has 0 fully saturated rings. The number of aromatic amines is 1. The minimum absolute atomic E-state index is 0.0640. The molecule has 0 saturated heterocycles. The second kappa shape index (κ2) is 6.55. The number of nitrogens with one attached hydrogen (secondary N) is 2. The molecule has 0 unspecified atom stereocenters. The number of carbonyl (C=O) groups excluding carboxylic acids is 1. The number of nitrogen functional groups attached to an aromatic ring is 1. The number of hydrogen-bond donors (Lipinski definition) is 3. The van der Waals surface area contributed by atoms with E-state index in [0.717, 1.165) is 0 Å². The molecule has 0 aliphatic carbocycles. The average Bonchev–Trinajstić information content (AvgIpc) is 3.05. The highest BCUT2D eigenvalue weighted by atomic mass is 35.5. The Morgan fingerprint density at radius 3 is 3.00 bits per heavy atom. The van der Waals surface area contributed by atoms with E-state index in [9.17, 15) is 4.79 Å². The predicted molar refractivity (Wildman–Crippen MR) is 73.8 cm³/mol. The highest BCUT2D eigenvalue weighted by Crippen LogP contribution is 2.20. The fourth-order valence-electron chi connectivity index (χ4n) is 1.56. The Hall–Kier alpha value is -2.13. The molecule has 1 atom stereocenters. The molecule has 9 nitrogen and oxygen atoms in total. The molecule has 21 heavy (non-hydrogen) atoms. The maximum atomic E-state index is 12.0. The first-order valence-electron chi connectivity index (χ1n) is 6.14. The minimum atomic E-state index is -0.484. The zero-order valence-electron chi connectivity index (χ0n) is 11.5. The number of carbonyl (C=O) groups is 1. The molecule has 10 heteroatoms. The summed E-state index contributed by atoms with van der Waals surface area (Å²) >= 11 is 5.85. The van der Waals surface area contributed by atoms with Gasteiger partial charge >= 0.3 is 0 Å². The molecular formula is C11H15ClN6O3. The molecule has 0 spiro atoms. The monoisotopic (exact) mass is 314 g/mol.